The third-order valence-electron chi connectivity index (χ3n) is 9.25. The molecule has 0 amide bonds. The molecule has 2 aromatic rings. The molecule has 0 aromatic heterocycles. The van der Waals surface area contributed by atoms with Crippen molar-refractivity contribution in [3.63, 3.8) is 0 Å². The van der Waals surface area contributed by atoms with Gasteiger partial charge in [-0.25, -0.2) is 8.78 Å². The summed E-state index contributed by atoms with van der Waals surface area (Å²) >= 11 is 0. The van der Waals surface area contributed by atoms with Crippen LogP contribution in [0.5, 0.6) is 5.75 Å². The molecule has 248 valence electrons. The second-order valence-corrected chi connectivity index (χ2v) is 12.5. The van der Waals surface area contributed by atoms with Crippen LogP contribution in [0.2, 0.25) is 0 Å². The first-order valence-corrected chi connectivity index (χ1v) is 16.3. The monoisotopic (exact) mass is 620 g/mol. The number of hydrogen-bond donors (Lipinski definition) is 5. The van der Waals surface area contributed by atoms with Crippen LogP contribution >= 0.6 is 0 Å². The third kappa shape index (κ3) is 9.93. The smallest absolute Gasteiger partial charge is 0.165 e. The van der Waals surface area contributed by atoms with Gasteiger partial charge in [-0.3, -0.25) is 0 Å². The topological polar surface area (TPSA) is 103 Å². The lowest BCUT2D eigenvalue weighted by Gasteiger charge is -2.39. The highest BCUT2D eigenvalue weighted by molar-refractivity contribution is 5.39. The van der Waals surface area contributed by atoms with E-state index < -0.39 is 22.8 Å². The predicted molar refractivity (Wildman–Crippen MR) is 170 cm³/mol. The van der Waals surface area contributed by atoms with Crippen LogP contribution in [-0.2, 0) is 20.7 Å². The molecule has 2 aromatic carbocycles. The number of benzene rings is 2. The molecular formula is C35H54F2N2O5. The number of hydrogen-bond acceptors (Lipinski definition) is 7. The number of rotatable bonds is 14. The first-order valence-electron chi connectivity index (χ1n) is 16.3. The van der Waals surface area contributed by atoms with Crippen LogP contribution < -0.4 is 10.6 Å². The zero-order valence-corrected chi connectivity index (χ0v) is 26.8. The van der Waals surface area contributed by atoms with Gasteiger partial charge in [0.1, 0.15) is 5.82 Å². The number of phenols is 1. The molecule has 0 saturated carbocycles. The number of ether oxygens (including phenoxy) is 2. The molecule has 4 rings (SSSR count). The van der Waals surface area contributed by atoms with Crippen molar-refractivity contribution in [2.45, 2.75) is 82.3 Å². The summed E-state index contributed by atoms with van der Waals surface area (Å²) in [6.07, 6.45) is 8.37. The molecule has 2 fully saturated rings. The van der Waals surface area contributed by atoms with E-state index in [1.165, 1.54) is 18.2 Å². The molecule has 0 unspecified atom stereocenters. The van der Waals surface area contributed by atoms with Gasteiger partial charge in [0.05, 0.1) is 11.2 Å². The van der Waals surface area contributed by atoms with Crippen LogP contribution in [0.4, 0.5) is 8.78 Å². The Labute approximate surface area is 262 Å². The largest absolute Gasteiger partial charge is 0.505 e. The highest BCUT2D eigenvalue weighted by Crippen LogP contribution is 2.43. The number of piperidine rings is 2. The Kier molecular flexibility index (Phi) is 15.0. The molecule has 5 N–H and O–H groups in total. The van der Waals surface area contributed by atoms with Gasteiger partial charge in [0.15, 0.2) is 11.6 Å². The summed E-state index contributed by atoms with van der Waals surface area (Å²) in [5.41, 5.74) is -0.301. The number of aliphatic hydroxyl groups is 2. The molecule has 44 heavy (non-hydrogen) atoms. The van der Waals surface area contributed by atoms with Crippen molar-refractivity contribution in [1.82, 2.24) is 10.6 Å². The molecule has 7 nitrogen and oxygen atoms in total. The maximum atomic E-state index is 13.8. The number of methoxy groups -OCH3 is 2. The van der Waals surface area contributed by atoms with Gasteiger partial charge in [-0.2, -0.15) is 0 Å². The van der Waals surface area contributed by atoms with Gasteiger partial charge in [-0.15, -0.1) is 0 Å². The van der Waals surface area contributed by atoms with Crippen LogP contribution in [0.1, 0.15) is 80.9 Å². The second-order valence-electron chi connectivity index (χ2n) is 12.5. The van der Waals surface area contributed by atoms with E-state index in [9.17, 15) is 24.1 Å². The molecule has 0 bridgehead atoms. The van der Waals surface area contributed by atoms with Crippen LogP contribution in [0.15, 0.2) is 36.4 Å². The molecule has 4 atom stereocenters. The van der Waals surface area contributed by atoms with Crippen molar-refractivity contribution in [2.24, 2.45) is 11.8 Å². The Morgan fingerprint density at radius 1 is 0.818 bits per heavy atom. The average molecular weight is 621 g/mol. The maximum Gasteiger partial charge on any atom is 0.165 e. The summed E-state index contributed by atoms with van der Waals surface area (Å²) in [4.78, 5) is 0. The highest BCUT2D eigenvalue weighted by Gasteiger charge is 2.41. The molecule has 9 heteroatoms. The molecule has 0 aliphatic carbocycles. The van der Waals surface area contributed by atoms with Crippen molar-refractivity contribution in [3.05, 3.63) is 64.7 Å². The summed E-state index contributed by atoms with van der Waals surface area (Å²) in [5, 5.41) is 39.4. The van der Waals surface area contributed by atoms with Crippen molar-refractivity contribution in [3.8, 4) is 5.75 Å². The molecule has 2 saturated heterocycles. The van der Waals surface area contributed by atoms with Crippen LogP contribution in [-0.4, -0.2) is 68.9 Å². The van der Waals surface area contributed by atoms with Crippen molar-refractivity contribution in [1.29, 1.82) is 0 Å². The normalized spacial score (nSPS) is 21.5. The van der Waals surface area contributed by atoms with E-state index in [0.29, 0.717) is 38.2 Å². The number of aromatic hydroxyl groups is 1. The van der Waals surface area contributed by atoms with Gasteiger partial charge in [-0.05, 0) is 114 Å². The summed E-state index contributed by atoms with van der Waals surface area (Å²) < 4.78 is 37.7. The fourth-order valence-corrected chi connectivity index (χ4v) is 6.79. The Morgan fingerprint density at radius 2 is 1.39 bits per heavy atom. The van der Waals surface area contributed by atoms with E-state index in [2.05, 4.69) is 10.6 Å². The maximum absolute atomic E-state index is 13.8. The Morgan fingerprint density at radius 3 is 1.91 bits per heavy atom. The first-order chi connectivity index (χ1) is 21.2. The molecule has 0 radical (unpaired) electrons. The minimum atomic E-state index is -1.21. The predicted octanol–water partition coefficient (Wildman–Crippen LogP) is 5.67. The van der Waals surface area contributed by atoms with E-state index in [4.69, 9.17) is 9.47 Å². The number of nitrogens with one attached hydrogen (secondary N) is 2. The summed E-state index contributed by atoms with van der Waals surface area (Å²) in [6.45, 7) is 6.60. The van der Waals surface area contributed by atoms with E-state index in [1.54, 1.807) is 26.4 Å². The molecule has 0 spiro atoms. The van der Waals surface area contributed by atoms with Gasteiger partial charge < -0.3 is 35.4 Å². The number of phenolic OH excluding ortho intramolecular Hbond substituents is 1. The van der Waals surface area contributed by atoms with Gasteiger partial charge in [0.2, 0.25) is 0 Å². The molecule has 2 aliphatic rings. The molecule has 2 aliphatic heterocycles. The fraction of sp³-hybridized carbons (Fsp3) is 0.657. The Hall–Kier alpha value is -2.14. The number of halogens is 2. The molecule has 2 heterocycles. The van der Waals surface area contributed by atoms with E-state index in [1.807, 2.05) is 13.0 Å². The average Bonchev–Trinajstić information content (AvgIpc) is 3.03. The Bertz CT molecular complexity index is 1110. The van der Waals surface area contributed by atoms with Crippen molar-refractivity contribution < 1.29 is 33.6 Å². The third-order valence-corrected chi connectivity index (χ3v) is 9.25. The quantitative estimate of drug-likeness (QED) is 0.173. The number of para-hydroxylation sites is 1. The summed E-state index contributed by atoms with van der Waals surface area (Å²) in [5.74, 6) is -1.28. The lowest BCUT2D eigenvalue weighted by atomic mass is 9.74. The van der Waals surface area contributed by atoms with E-state index in [-0.39, 0.29) is 17.7 Å². The van der Waals surface area contributed by atoms with Crippen molar-refractivity contribution in [2.75, 3.05) is 53.6 Å². The second kappa shape index (κ2) is 18.1. The van der Waals surface area contributed by atoms with E-state index >= 15 is 0 Å². The highest BCUT2D eigenvalue weighted by atomic mass is 19.1. The standard InChI is InChI=1S/C18H28FNO2.C17H26FNO3/c1-14-10-16(12-17(19)11-14)18(21,7-3-4-9-22-2)15-6-5-8-20-13-15;1-22-11-3-2-9-17(21,13-6-5-10-19-12-13)14-7-4-8-15(18)16(14)20/h10-12,15,20-21H,3-9,13H2,1-2H3;4,7-8,13,19-21H,2-3,5-6,9-12H2,1H3/t15-,18+;13-,17+/m11/s1. The van der Waals surface area contributed by atoms with Gasteiger partial charge in [-0.1, -0.05) is 18.2 Å². The van der Waals surface area contributed by atoms with Gasteiger partial charge in [0, 0.05) is 57.9 Å². The minimum Gasteiger partial charge on any atom is -0.505 e. The minimum absolute atomic E-state index is 0.0310. The summed E-state index contributed by atoms with van der Waals surface area (Å²) in [7, 11) is 3.34. The Balaban J connectivity index is 0.000000240. The zero-order valence-electron chi connectivity index (χ0n) is 26.8. The van der Waals surface area contributed by atoms with Crippen LogP contribution in [0.3, 0.4) is 0 Å². The van der Waals surface area contributed by atoms with Gasteiger partial charge in [0.25, 0.3) is 0 Å². The van der Waals surface area contributed by atoms with E-state index in [0.717, 1.165) is 82.1 Å². The van der Waals surface area contributed by atoms with Crippen molar-refractivity contribution >= 4 is 0 Å². The SMILES string of the molecule is COCCCC[C@@](O)(c1cc(C)cc(F)c1)[C@@H]1CCCNC1.COCCCC[C@@](O)(c1cccc(F)c1O)[C@@H]1CCCNC1. The number of unbranched alkanes of at least 4 members (excludes halogenated alkanes) is 2. The van der Waals surface area contributed by atoms with Crippen LogP contribution in [0, 0.1) is 30.4 Å². The first kappa shape index (κ1) is 36.3. The van der Waals surface area contributed by atoms with Gasteiger partial charge >= 0.3 is 0 Å². The lowest BCUT2D eigenvalue weighted by molar-refractivity contribution is -0.0453. The fourth-order valence-electron chi connectivity index (χ4n) is 6.79. The summed E-state index contributed by atoms with van der Waals surface area (Å²) in [6, 6.07) is 9.31. The zero-order chi connectivity index (χ0) is 32.0. The number of aryl methyl sites for hydroxylation is 1. The van der Waals surface area contributed by atoms with Crippen LogP contribution in [0.25, 0.3) is 0 Å². The lowest BCUT2D eigenvalue weighted by Crippen LogP contribution is -2.44. The molecular weight excluding hydrogens is 566 g/mol.